The number of ether oxygens (including phenoxy) is 1. The van der Waals surface area contributed by atoms with Crippen LogP contribution in [0.4, 0.5) is 0 Å². The van der Waals surface area contributed by atoms with Crippen LogP contribution in [-0.2, 0) is 11.3 Å². The molecule has 0 saturated heterocycles. The molecule has 2 rings (SSSR count). The Morgan fingerprint density at radius 2 is 2.22 bits per heavy atom. The number of pyridine rings is 1. The van der Waals surface area contributed by atoms with Crippen LogP contribution in [-0.4, -0.2) is 26.2 Å². The molecule has 2 heterocycles. The molecule has 0 aliphatic rings. The minimum Gasteiger partial charge on any atom is -0.363 e. The molecule has 2 aromatic heterocycles. The summed E-state index contributed by atoms with van der Waals surface area (Å²) in [6.45, 7) is 1.44. The smallest absolute Gasteiger partial charge is 0.198 e. The Labute approximate surface area is 106 Å². The van der Waals surface area contributed by atoms with E-state index in [1.54, 1.807) is 30.9 Å². The number of aliphatic hydroxyl groups is 1. The van der Waals surface area contributed by atoms with Gasteiger partial charge in [0.1, 0.15) is 0 Å². The van der Waals surface area contributed by atoms with Gasteiger partial charge >= 0.3 is 0 Å². The van der Waals surface area contributed by atoms with Crippen LogP contribution in [0.25, 0.3) is 0 Å². The zero-order chi connectivity index (χ0) is 12.6. The predicted molar refractivity (Wildman–Crippen MR) is 66.6 cm³/mol. The van der Waals surface area contributed by atoms with Gasteiger partial charge in [-0.1, -0.05) is 6.07 Å². The molecule has 1 N–H and O–H groups in total. The molecular weight excluding hydrogens is 230 g/mol. The first kappa shape index (κ1) is 12.7. The summed E-state index contributed by atoms with van der Waals surface area (Å²) in [4.78, 5) is 8.00. The molecule has 2 aromatic rings. The third kappa shape index (κ3) is 3.94. The first-order valence-corrected chi connectivity index (χ1v) is 6.02. The number of unbranched alkanes of at least 4 members (excludes halogenated alkanes) is 1. The van der Waals surface area contributed by atoms with Crippen molar-refractivity contribution in [1.82, 2.24) is 14.5 Å². The van der Waals surface area contributed by atoms with Gasteiger partial charge in [0.05, 0.1) is 18.6 Å². The molecule has 96 valence electrons. The fourth-order valence-electron chi connectivity index (χ4n) is 1.62. The predicted octanol–water partition coefficient (Wildman–Crippen LogP) is 1.77. The molecule has 0 radical (unpaired) electrons. The number of hydrogen-bond donors (Lipinski definition) is 1. The summed E-state index contributed by atoms with van der Waals surface area (Å²) in [6, 6.07) is 5.38. The number of hydrogen-bond acceptors (Lipinski definition) is 4. The second-order valence-corrected chi connectivity index (χ2v) is 3.99. The van der Waals surface area contributed by atoms with Gasteiger partial charge in [0.25, 0.3) is 0 Å². The average molecular weight is 247 g/mol. The summed E-state index contributed by atoms with van der Waals surface area (Å²) in [6.07, 6.45) is 8.09. The van der Waals surface area contributed by atoms with Crippen LogP contribution in [0.2, 0.25) is 0 Å². The van der Waals surface area contributed by atoms with Gasteiger partial charge in [0, 0.05) is 25.1 Å². The van der Waals surface area contributed by atoms with Gasteiger partial charge in [-0.15, -0.1) is 0 Å². The Morgan fingerprint density at radius 3 is 2.94 bits per heavy atom. The van der Waals surface area contributed by atoms with Crippen molar-refractivity contribution in [1.29, 1.82) is 0 Å². The van der Waals surface area contributed by atoms with Crippen LogP contribution >= 0.6 is 0 Å². The van der Waals surface area contributed by atoms with Crippen molar-refractivity contribution in [3.8, 4) is 0 Å². The van der Waals surface area contributed by atoms with Crippen molar-refractivity contribution in [3.63, 3.8) is 0 Å². The maximum Gasteiger partial charge on any atom is 0.198 e. The van der Waals surface area contributed by atoms with Gasteiger partial charge in [-0.25, -0.2) is 4.98 Å². The van der Waals surface area contributed by atoms with Crippen LogP contribution in [0.5, 0.6) is 0 Å². The molecule has 5 nitrogen and oxygen atoms in total. The second kappa shape index (κ2) is 6.88. The summed E-state index contributed by atoms with van der Waals surface area (Å²) >= 11 is 0. The van der Waals surface area contributed by atoms with E-state index in [0.29, 0.717) is 12.3 Å². The average Bonchev–Trinajstić information content (AvgIpc) is 2.92. The molecule has 1 unspecified atom stereocenters. The van der Waals surface area contributed by atoms with Crippen molar-refractivity contribution in [2.45, 2.75) is 25.7 Å². The molecule has 0 aliphatic carbocycles. The second-order valence-electron chi connectivity index (χ2n) is 3.99. The number of imidazole rings is 1. The summed E-state index contributed by atoms with van der Waals surface area (Å²) < 4.78 is 7.34. The van der Waals surface area contributed by atoms with Gasteiger partial charge in [0.15, 0.2) is 6.29 Å². The molecule has 0 saturated carbocycles. The zero-order valence-electron chi connectivity index (χ0n) is 10.1. The monoisotopic (exact) mass is 247 g/mol. The third-order valence-electron chi connectivity index (χ3n) is 2.59. The summed E-state index contributed by atoms with van der Waals surface area (Å²) in [5.41, 5.74) is 0.548. The molecule has 0 spiro atoms. The zero-order valence-corrected chi connectivity index (χ0v) is 10.1. The number of aromatic nitrogens is 3. The van der Waals surface area contributed by atoms with E-state index in [4.69, 9.17) is 4.74 Å². The van der Waals surface area contributed by atoms with E-state index in [0.717, 1.165) is 19.4 Å². The normalized spacial score (nSPS) is 12.5. The maximum atomic E-state index is 9.70. The van der Waals surface area contributed by atoms with Crippen LogP contribution < -0.4 is 0 Å². The third-order valence-corrected chi connectivity index (χ3v) is 2.59. The Hall–Kier alpha value is -1.72. The van der Waals surface area contributed by atoms with E-state index in [1.165, 1.54) is 0 Å². The van der Waals surface area contributed by atoms with E-state index < -0.39 is 6.29 Å². The van der Waals surface area contributed by atoms with E-state index in [2.05, 4.69) is 9.97 Å². The SMILES string of the molecule is OC(OCCCCn1ccnc1)c1ccccn1. The first-order chi connectivity index (χ1) is 8.86. The Bertz CT molecular complexity index is 431. The van der Waals surface area contributed by atoms with Gasteiger partial charge in [-0.05, 0) is 25.0 Å². The molecular formula is C13H17N3O2. The van der Waals surface area contributed by atoms with Crippen LogP contribution in [0.15, 0.2) is 43.1 Å². The number of rotatable bonds is 7. The van der Waals surface area contributed by atoms with E-state index >= 15 is 0 Å². The lowest BCUT2D eigenvalue weighted by Gasteiger charge is -2.11. The minimum atomic E-state index is -0.931. The van der Waals surface area contributed by atoms with Crippen LogP contribution in [0, 0.1) is 0 Å². The van der Waals surface area contributed by atoms with Crippen molar-refractivity contribution in [2.24, 2.45) is 0 Å². The lowest BCUT2D eigenvalue weighted by atomic mass is 10.3. The van der Waals surface area contributed by atoms with E-state index in [-0.39, 0.29) is 0 Å². The molecule has 1 atom stereocenters. The van der Waals surface area contributed by atoms with Crippen LogP contribution in [0.3, 0.4) is 0 Å². The van der Waals surface area contributed by atoms with Gasteiger partial charge in [-0.2, -0.15) is 0 Å². The number of aliphatic hydroxyl groups excluding tert-OH is 1. The van der Waals surface area contributed by atoms with Crippen LogP contribution in [0.1, 0.15) is 24.8 Å². The highest BCUT2D eigenvalue weighted by Gasteiger charge is 2.07. The van der Waals surface area contributed by atoms with E-state index in [9.17, 15) is 5.11 Å². The lowest BCUT2D eigenvalue weighted by molar-refractivity contribution is -0.106. The Kier molecular flexibility index (Phi) is 4.87. The Balaban J connectivity index is 1.61. The molecule has 0 amide bonds. The van der Waals surface area contributed by atoms with Gasteiger partial charge in [0.2, 0.25) is 0 Å². The van der Waals surface area contributed by atoms with Crippen molar-refractivity contribution in [2.75, 3.05) is 6.61 Å². The number of aryl methyl sites for hydroxylation is 1. The molecule has 5 heteroatoms. The quantitative estimate of drug-likeness (QED) is 0.598. The largest absolute Gasteiger partial charge is 0.363 e. The fraction of sp³-hybridized carbons (Fsp3) is 0.385. The van der Waals surface area contributed by atoms with Gasteiger partial charge in [-0.3, -0.25) is 4.98 Å². The van der Waals surface area contributed by atoms with Crippen molar-refractivity contribution in [3.05, 3.63) is 48.8 Å². The minimum absolute atomic E-state index is 0.520. The fourth-order valence-corrected chi connectivity index (χ4v) is 1.62. The molecule has 0 bridgehead atoms. The van der Waals surface area contributed by atoms with Crippen molar-refractivity contribution >= 4 is 0 Å². The topological polar surface area (TPSA) is 60.2 Å². The highest BCUT2D eigenvalue weighted by atomic mass is 16.6. The number of nitrogens with zero attached hydrogens (tertiary/aromatic N) is 3. The standard InChI is InChI=1S/C13H17N3O2/c17-13(12-5-1-2-6-15-12)18-10-4-3-8-16-9-7-14-11-16/h1-2,5-7,9,11,13,17H,3-4,8,10H2. The lowest BCUT2D eigenvalue weighted by Crippen LogP contribution is -2.07. The van der Waals surface area contributed by atoms with Gasteiger partial charge < -0.3 is 14.4 Å². The molecule has 0 aromatic carbocycles. The summed E-state index contributed by atoms with van der Waals surface area (Å²) in [5.74, 6) is 0. The highest BCUT2D eigenvalue weighted by molar-refractivity contribution is 5.04. The van der Waals surface area contributed by atoms with Crippen molar-refractivity contribution < 1.29 is 9.84 Å². The molecule has 0 fully saturated rings. The maximum absolute atomic E-state index is 9.70. The molecule has 0 aliphatic heterocycles. The molecule has 18 heavy (non-hydrogen) atoms. The first-order valence-electron chi connectivity index (χ1n) is 6.02. The summed E-state index contributed by atoms with van der Waals surface area (Å²) in [5, 5.41) is 9.70. The summed E-state index contributed by atoms with van der Waals surface area (Å²) in [7, 11) is 0. The highest BCUT2D eigenvalue weighted by Crippen LogP contribution is 2.11. The Morgan fingerprint density at radius 1 is 1.28 bits per heavy atom. The van der Waals surface area contributed by atoms with E-state index in [1.807, 2.05) is 16.8 Å².